The maximum absolute atomic E-state index is 6.01. The monoisotopic (exact) mass is 313 g/mol. The van der Waals surface area contributed by atoms with Crippen LogP contribution < -0.4 is 5.48 Å². The smallest absolute Gasteiger partial charge is 0.202 e. The molecule has 1 N–H and O–H groups in total. The number of piperidine rings is 3. The Morgan fingerprint density at radius 1 is 1.36 bits per heavy atom. The van der Waals surface area contributed by atoms with Crippen LogP contribution in [0.4, 0.5) is 0 Å². The van der Waals surface area contributed by atoms with Crippen molar-refractivity contribution in [2.24, 2.45) is 10.9 Å². The zero-order chi connectivity index (χ0) is 14.7. The van der Waals surface area contributed by atoms with Gasteiger partial charge in [-0.3, -0.25) is 4.90 Å². The van der Waals surface area contributed by atoms with Gasteiger partial charge in [-0.15, -0.1) is 11.3 Å². The number of aryl methyl sites for hydroxylation is 1. The van der Waals surface area contributed by atoms with Gasteiger partial charge in [0.1, 0.15) is 0 Å². The molecular weight excluding hydrogens is 294 g/mol. The highest BCUT2D eigenvalue weighted by atomic mass is 32.1. The van der Waals surface area contributed by atoms with Gasteiger partial charge in [0.05, 0.1) is 6.54 Å². The third kappa shape index (κ3) is 1.79. The quantitative estimate of drug-likeness (QED) is 0.879. The molecule has 1 spiro atoms. The van der Waals surface area contributed by atoms with E-state index in [0.717, 1.165) is 17.9 Å². The molecule has 4 aliphatic heterocycles. The fourth-order valence-electron chi connectivity index (χ4n) is 4.03. The third-order valence-electron chi connectivity index (χ3n) is 5.34. The molecule has 3 fully saturated rings. The summed E-state index contributed by atoms with van der Waals surface area (Å²) in [7, 11) is 0. The van der Waals surface area contributed by atoms with Gasteiger partial charge in [0.25, 0.3) is 0 Å². The second kappa shape index (κ2) is 4.54. The van der Waals surface area contributed by atoms with Crippen molar-refractivity contribution in [1.29, 1.82) is 0 Å². The number of benzene rings is 1. The molecule has 0 aliphatic carbocycles. The van der Waals surface area contributed by atoms with Gasteiger partial charge >= 0.3 is 0 Å². The number of nitrogens with zero attached hydrogens (tertiary/aromatic N) is 2. The van der Waals surface area contributed by atoms with Gasteiger partial charge < -0.3 is 0 Å². The molecule has 1 aromatic heterocycles. The van der Waals surface area contributed by atoms with Crippen molar-refractivity contribution in [2.45, 2.75) is 25.5 Å². The van der Waals surface area contributed by atoms with E-state index in [1.165, 1.54) is 41.6 Å². The second-order valence-electron chi connectivity index (χ2n) is 6.69. The lowest BCUT2D eigenvalue weighted by atomic mass is 9.81. The number of hydrogen-bond donors (Lipinski definition) is 1. The number of nitrogens with one attached hydrogen (secondary N) is 1. The summed E-state index contributed by atoms with van der Waals surface area (Å²) in [6.07, 6.45) is 2.39. The molecule has 6 rings (SSSR count). The van der Waals surface area contributed by atoms with E-state index in [0.29, 0.717) is 5.92 Å². The van der Waals surface area contributed by atoms with Gasteiger partial charge in [-0.1, -0.05) is 0 Å². The molecule has 5 heteroatoms. The van der Waals surface area contributed by atoms with Crippen LogP contribution in [0.3, 0.4) is 0 Å². The molecular formula is C17H19N3OS. The van der Waals surface area contributed by atoms with Crippen LogP contribution in [0.15, 0.2) is 28.6 Å². The van der Waals surface area contributed by atoms with Crippen molar-refractivity contribution < 1.29 is 4.84 Å². The van der Waals surface area contributed by atoms with Gasteiger partial charge in [-0.05, 0) is 67.4 Å². The first-order chi connectivity index (χ1) is 10.7. The maximum Gasteiger partial charge on any atom is 0.202 e. The Kier molecular flexibility index (Phi) is 2.69. The SMILES string of the molecule is Cc1csc2ccc(C3=N[C@]4(CN5CCC4CC5)ON3)cc12. The Labute approximate surface area is 133 Å². The summed E-state index contributed by atoms with van der Waals surface area (Å²) in [5, 5.41) is 3.53. The molecule has 114 valence electrons. The van der Waals surface area contributed by atoms with Crippen molar-refractivity contribution in [3.63, 3.8) is 0 Å². The van der Waals surface area contributed by atoms with Crippen molar-refractivity contribution in [3.05, 3.63) is 34.7 Å². The fourth-order valence-corrected chi connectivity index (χ4v) is 4.96. The van der Waals surface area contributed by atoms with E-state index in [1.54, 1.807) is 11.3 Å². The molecule has 0 saturated carbocycles. The number of thiophene rings is 1. The van der Waals surface area contributed by atoms with Gasteiger partial charge in [0, 0.05) is 16.2 Å². The molecule has 3 saturated heterocycles. The molecule has 5 heterocycles. The number of hydrogen-bond acceptors (Lipinski definition) is 5. The third-order valence-corrected chi connectivity index (χ3v) is 6.42. The van der Waals surface area contributed by atoms with E-state index in [4.69, 9.17) is 9.83 Å². The molecule has 1 atom stereocenters. The average molecular weight is 313 g/mol. The zero-order valence-electron chi connectivity index (χ0n) is 12.6. The maximum atomic E-state index is 6.01. The summed E-state index contributed by atoms with van der Waals surface area (Å²) >= 11 is 1.80. The van der Waals surface area contributed by atoms with Crippen LogP contribution in [0.1, 0.15) is 24.0 Å². The Balaban J connectivity index is 1.54. The minimum atomic E-state index is -0.357. The highest BCUT2D eigenvalue weighted by Gasteiger charge is 2.51. The number of rotatable bonds is 1. The van der Waals surface area contributed by atoms with Crippen LogP contribution in [0.5, 0.6) is 0 Å². The average Bonchev–Trinajstić information content (AvgIpc) is 3.13. The van der Waals surface area contributed by atoms with Crippen LogP contribution in [-0.4, -0.2) is 36.1 Å². The molecule has 0 amide bonds. The summed E-state index contributed by atoms with van der Waals surface area (Å²) in [6.45, 7) is 5.48. The lowest BCUT2D eigenvalue weighted by Crippen LogP contribution is -2.58. The lowest BCUT2D eigenvalue weighted by Gasteiger charge is -2.47. The predicted octanol–water partition coefficient (Wildman–Crippen LogP) is 2.91. The van der Waals surface area contributed by atoms with Crippen molar-refractivity contribution in [3.8, 4) is 0 Å². The normalized spacial score (nSPS) is 33.4. The minimum Gasteiger partial charge on any atom is -0.298 e. The molecule has 0 radical (unpaired) electrons. The molecule has 4 nitrogen and oxygen atoms in total. The first-order valence-electron chi connectivity index (χ1n) is 7.98. The van der Waals surface area contributed by atoms with E-state index < -0.39 is 0 Å². The minimum absolute atomic E-state index is 0.357. The van der Waals surface area contributed by atoms with Gasteiger partial charge in [0.2, 0.25) is 5.72 Å². The Hall–Kier alpha value is -1.43. The Morgan fingerprint density at radius 3 is 3.00 bits per heavy atom. The highest BCUT2D eigenvalue weighted by Crippen LogP contribution is 2.41. The fraction of sp³-hybridized carbons (Fsp3) is 0.471. The Morgan fingerprint density at radius 2 is 2.23 bits per heavy atom. The zero-order valence-corrected chi connectivity index (χ0v) is 13.4. The van der Waals surface area contributed by atoms with Crippen molar-refractivity contribution in [1.82, 2.24) is 10.4 Å². The molecule has 2 bridgehead atoms. The Bertz CT molecular complexity index is 775. The topological polar surface area (TPSA) is 36.9 Å². The van der Waals surface area contributed by atoms with E-state index in [2.05, 4.69) is 40.9 Å². The second-order valence-corrected chi connectivity index (χ2v) is 7.60. The number of aliphatic imine (C=N–C) groups is 1. The van der Waals surface area contributed by atoms with E-state index in [-0.39, 0.29) is 5.72 Å². The van der Waals surface area contributed by atoms with Crippen LogP contribution in [0.25, 0.3) is 10.1 Å². The highest BCUT2D eigenvalue weighted by molar-refractivity contribution is 7.17. The van der Waals surface area contributed by atoms with Crippen LogP contribution in [-0.2, 0) is 4.84 Å². The lowest BCUT2D eigenvalue weighted by molar-refractivity contribution is -0.155. The van der Waals surface area contributed by atoms with E-state index >= 15 is 0 Å². The number of fused-ring (bicyclic) bond motifs is 3. The summed E-state index contributed by atoms with van der Waals surface area (Å²) in [6, 6.07) is 6.57. The summed E-state index contributed by atoms with van der Waals surface area (Å²) in [4.78, 5) is 13.5. The van der Waals surface area contributed by atoms with Gasteiger partial charge in [-0.25, -0.2) is 15.3 Å². The molecule has 2 aromatic rings. The summed E-state index contributed by atoms with van der Waals surface area (Å²) in [5.74, 6) is 1.44. The largest absolute Gasteiger partial charge is 0.298 e. The predicted molar refractivity (Wildman–Crippen MR) is 89.2 cm³/mol. The summed E-state index contributed by atoms with van der Waals surface area (Å²) < 4.78 is 1.33. The number of amidine groups is 1. The molecule has 1 aromatic carbocycles. The van der Waals surface area contributed by atoms with Gasteiger partial charge in [-0.2, -0.15) is 0 Å². The van der Waals surface area contributed by atoms with E-state index in [1.807, 2.05) is 0 Å². The first-order valence-corrected chi connectivity index (χ1v) is 8.86. The van der Waals surface area contributed by atoms with Crippen molar-refractivity contribution >= 4 is 27.3 Å². The van der Waals surface area contributed by atoms with Crippen LogP contribution >= 0.6 is 11.3 Å². The molecule has 0 unspecified atom stereocenters. The van der Waals surface area contributed by atoms with Crippen molar-refractivity contribution in [2.75, 3.05) is 19.6 Å². The van der Waals surface area contributed by atoms with Crippen LogP contribution in [0, 0.1) is 12.8 Å². The first kappa shape index (κ1) is 13.0. The van der Waals surface area contributed by atoms with E-state index in [9.17, 15) is 0 Å². The van der Waals surface area contributed by atoms with Crippen LogP contribution in [0.2, 0.25) is 0 Å². The molecule has 22 heavy (non-hydrogen) atoms. The molecule has 4 aliphatic rings. The number of hydroxylamine groups is 1. The summed E-state index contributed by atoms with van der Waals surface area (Å²) in [5.41, 5.74) is 5.22. The standard InChI is InChI=1S/C17H19N3OS/c1-11-9-22-15-3-2-12(8-14(11)15)16-18-17(21-19-16)10-20-6-4-13(17)5-7-20/h2-3,8-9,13H,4-7,10H2,1H3,(H,18,19)/t17-/m1/s1. The van der Waals surface area contributed by atoms with Gasteiger partial charge in [0.15, 0.2) is 5.84 Å².